The second kappa shape index (κ2) is 8.55. The van der Waals surface area contributed by atoms with Gasteiger partial charge in [0.15, 0.2) is 0 Å². The van der Waals surface area contributed by atoms with Gasteiger partial charge in [0.05, 0.1) is 6.61 Å². The van der Waals surface area contributed by atoms with Crippen molar-refractivity contribution in [3.63, 3.8) is 0 Å². The molecule has 0 spiro atoms. The van der Waals surface area contributed by atoms with Crippen molar-refractivity contribution in [1.29, 1.82) is 0 Å². The monoisotopic (exact) mass is 279 g/mol. The number of rotatable bonds is 8. The normalized spacial score (nSPS) is 15.3. The molecule has 0 aromatic heterocycles. The molecule has 0 heterocycles. The minimum atomic E-state index is 0.0715. The standard InChI is InChI=1S/C15H25N3O2/c1-4-18(12(2)11-20-3)14(10-15(16)17-19)13-8-6-5-7-9-13/h5-9,12,14,19H,4,10-11H2,1-3H3,(H2,16,17). The van der Waals surface area contributed by atoms with Crippen LogP contribution >= 0.6 is 0 Å². The second-order valence-corrected chi connectivity index (χ2v) is 4.86. The highest BCUT2D eigenvalue weighted by Crippen LogP contribution is 2.26. The quantitative estimate of drug-likeness (QED) is 0.331. The van der Waals surface area contributed by atoms with Crippen molar-refractivity contribution in [2.24, 2.45) is 10.9 Å². The summed E-state index contributed by atoms with van der Waals surface area (Å²) in [6.45, 7) is 5.74. The van der Waals surface area contributed by atoms with Gasteiger partial charge >= 0.3 is 0 Å². The zero-order valence-corrected chi connectivity index (χ0v) is 12.5. The van der Waals surface area contributed by atoms with Crippen LogP contribution in [-0.2, 0) is 4.74 Å². The van der Waals surface area contributed by atoms with Crippen molar-refractivity contribution < 1.29 is 9.94 Å². The molecule has 1 aromatic carbocycles. The molecule has 1 rings (SSSR count). The molecule has 20 heavy (non-hydrogen) atoms. The molecule has 0 amide bonds. The van der Waals surface area contributed by atoms with Crippen LogP contribution in [0.4, 0.5) is 0 Å². The van der Waals surface area contributed by atoms with Gasteiger partial charge in [0.25, 0.3) is 0 Å². The topological polar surface area (TPSA) is 71.1 Å². The third-order valence-electron chi connectivity index (χ3n) is 3.45. The van der Waals surface area contributed by atoms with E-state index in [1.54, 1.807) is 7.11 Å². The number of hydrogen-bond acceptors (Lipinski definition) is 4. The smallest absolute Gasteiger partial charge is 0.141 e. The lowest BCUT2D eigenvalue weighted by molar-refractivity contribution is 0.0744. The van der Waals surface area contributed by atoms with Crippen LogP contribution in [0.1, 0.15) is 31.9 Å². The Morgan fingerprint density at radius 3 is 2.55 bits per heavy atom. The van der Waals surface area contributed by atoms with E-state index in [1.165, 1.54) is 0 Å². The summed E-state index contributed by atoms with van der Waals surface area (Å²) in [7, 11) is 1.70. The third-order valence-corrected chi connectivity index (χ3v) is 3.45. The lowest BCUT2D eigenvalue weighted by Gasteiger charge is -2.35. The molecule has 2 unspecified atom stereocenters. The Hall–Kier alpha value is -1.59. The van der Waals surface area contributed by atoms with E-state index in [4.69, 9.17) is 15.7 Å². The maximum absolute atomic E-state index is 8.85. The van der Waals surface area contributed by atoms with E-state index in [2.05, 4.69) is 36.0 Å². The molecule has 0 aliphatic carbocycles. The summed E-state index contributed by atoms with van der Waals surface area (Å²) in [5.41, 5.74) is 6.88. The molecule has 3 N–H and O–H groups in total. The first-order valence-corrected chi connectivity index (χ1v) is 6.90. The number of methoxy groups -OCH3 is 1. The number of hydrogen-bond donors (Lipinski definition) is 2. The summed E-state index contributed by atoms with van der Waals surface area (Å²) in [5, 5.41) is 12.0. The number of oxime groups is 1. The Morgan fingerprint density at radius 1 is 1.40 bits per heavy atom. The van der Waals surface area contributed by atoms with Crippen LogP contribution in [-0.4, -0.2) is 42.2 Å². The summed E-state index contributed by atoms with van der Waals surface area (Å²) in [6.07, 6.45) is 0.488. The molecular weight excluding hydrogens is 254 g/mol. The molecule has 0 fully saturated rings. The van der Waals surface area contributed by atoms with Crippen molar-refractivity contribution >= 4 is 5.84 Å². The number of ether oxygens (including phenoxy) is 1. The fourth-order valence-electron chi connectivity index (χ4n) is 2.52. The van der Waals surface area contributed by atoms with Crippen LogP contribution in [0.25, 0.3) is 0 Å². The van der Waals surface area contributed by atoms with Crippen LogP contribution in [0.3, 0.4) is 0 Å². The van der Waals surface area contributed by atoms with Gasteiger partial charge in [0, 0.05) is 25.6 Å². The average Bonchev–Trinajstić information content (AvgIpc) is 2.48. The first-order valence-electron chi connectivity index (χ1n) is 6.90. The van der Waals surface area contributed by atoms with E-state index in [0.717, 1.165) is 12.1 Å². The number of nitrogens with two attached hydrogens (primary N) is 1. The van der Waals surface area contributed by atoms with Gasteiger partial charge in [0.2, 0.25) is 0 Å². The maximum atomic E-state index is 8.85. The van der Waals surface area contributed by atoms with E-state index in [-0.39, 0.29) is 17.9 Å². The van der Waals surface area contributed by atoms with E-state index < -0.39 is 0 Å². The minimum absolute atomic E-state index is 0.0715. The summed E-state index contributed by atoms with van der Waals surface area (Å²) < 4.78 is 5.25. The van der Waals surface area contributed by atoms with Gasteiger partial charge in [-0.05, 0) is 19.0 Å². The summed E-state index contributed by atoms with van der Waals surface area (Å²) in [4.78, 5) is 2.30. The predicted molar refractivity (Wildman–Crippen MR) is 80.9 cm³/mol. The van der Waals surface area contributed by atoms with E-state index >= 15 is 0 Å². The van der Waals surface area contributed by atoms with Crippen molar-refractivity contribution in [3.8, 4) is 0 Å². The van der Waals surface area contributed by atoms with Gasteiger partial charge in [-0.2, -0.15) is 0 Å². The van der Waals surface area contributed by atoms with Crippen molar-refractivity contribution in [3.05, 3.63) is 35.9 Å². The van der Waals surface area contributed by atoms with Crippen molar-refractivity contribution in [1.82, 2.24) is 4.90 Å². The number of amidine groups is 1. The Labute approximate surface area is 121 Å². The number of likely N-dealkylation sites (N-methyl/N-ethyl adjacent to an activating group) is 1. The third kappa shape index (κ3) is 4.51. The van der Waals surface area contributed by atoms with Crippen LogP contribution in [0.2, 0.25) is 0 Å². The van der Waals surface area contributed by atoms with E-state index in [9.17, 15) is 0 Å². The number of benzene rings is 1. The molecule has 2 atom stereocenters. The summed E-state index contributed by atoms with van der Waals surface area (Å²) in [6, 6.07) is 10.4. The average molecular weight is 279 g/mol. The SMILES string of the molecule is CCN(C(C)COC)C(CC(N)=NO)c1ccccc1. The van der Waals surface area contributed by atoms with E-state index in [0.29, 0.717) is 13.0 Å². The van der Waals surface area contributed by atoms with Crippen LogP contribution < -0.4 is 5.73 Å². The highest BCUT2D eigenvalue weighted by molar-refractivity contribution is 5.80. The first kappa shape index (κ1) is 16.5. The molecule has 112 valence electrons. The molecule has 5 nitrogen and oxygen atoms in total. The molecule has 0 aliphatic heterocycles. The predicted octanol–water partition coefficient (Wildman–Crippen LogP) is 2.22. The highest BCUT2D eigenvalue weighted by Gasteiger charge is 2.24. The molecule has 1 aromatic rings. The van der Waals surface area contributed by atoms with Gasteiger partial charge in [-0.15, -0.1) is 0 Å². The molecule has 5 heteroatoms. The van der Waals surface area contributed by atoms with Crippen molar-refractivity contribution in [2.75, 3.05) is 20.3 Å². The molecule has 0 aliphatic rings. The first-order chi connectivity index (χ1) is 9.63. The van der Waals surface area contributed by atoms with Gasteiger partial charge in [-0.25, -0.2) is 0 Å². The van der Waals surface area contributed by atoms with E-state index in [1.807, 2.05) is 18.2 Å². The summed E-state index contributed by atoms with van der Waals surface area (Å²) in [5.74, 6) is 0.238. The Kier molecular flexibility index (Phi) is 7.04. The lowest BCUT2D eigenvalue weighted by Crippen LogP contribution is -2.40. The Morgan fingerprint density at radius 2 is 2.05 bits per heavy atom. The fraction of sp³-hybridized carbons (Fsp3) is 0.533. The van der Waals surface area contributed by atoms with Crippen LogP contribution in [0.5, 0.6) is 0 Å². The lowest BCUT2D eigenvalue weighted by atomic mass is 10.00. The second-order valence-electron chi connectivity index (χ2n) is 4.86. The van der Waals surface area contributed by atoms with Crippen LogP contribution in [0.15, 0.2) is 35.5 Å². The van der Waals surface area contributed by atoms with Gasteiger partial charge in [-0.3, -0.25) is 4.90 Å². The molecule has 0 saturated carbocycles. The van der Waals surface area contributed by atoms with Gasteiger partial charge in [0.1, 0.15) is 5.84 Å². The largest absolute Gasteiger partial charge is 0.409 e. The van der Waals surface area contributed by atoms with Crippen molar-refractivity contribution in [2.45, 2.75) is 32.4 Å². The summed E-state index contributed by atoms with van der Waals surface area (Å²) >= 11 is 0. The van der Waals surface area contributed by atoms with Crippen LogP contribution in [0, 0.1) is 0 Å². The maximum Gasteiger partial charge on any atom is 0.141 e. The number of nitrogens with zero attached hydrogens (tertiary/aromatic N) is 2. The Balaban J connectivity index is 3.02. The van der Waals surface area contributed by atoms with Gasteiger partial charge < -0.3 is 15.7 Å². The molecule has 0 bridgehead atoms. The molecule has 0 saturated heterocycles. The molecular formula is C15H25N3O2. The van der Waals surface area contributed by atoms with Gasteiger partial charge in [-0.1, -0.05) is 42.4 Å². The molecule has 0 radical (unpaired) electrons. The fourth-order valence-corrected chi connectivity index (χ4v) is 2.52. The zero-order chi connectivity index (χ0) is 15.0. The minimum Gasteiger partial charge on any atom is -0.409 e. The zero-order valence-electron chi connectivity index (χ0n) is 12.5. The highest BCUT2D eigenvalue weighted by atomic mass is 16.5. The Bertz CT molecular complexity index is 409.